The van der Waals surface area contributed by atoms with Gasteiger partial charge < -0.3 is 9.30 Å². The molecule has 1 heterocycles. The van der Waals surface area contributed by atoms with Gasteiger partial charge in [0.1, 0.15) is 5.75 Å². The number of thiazole rings is 1. The first-order valence-corrected chi connectivity index (χ1v) is 10.1. The van der Waals surface area contributed by atoms with Crippen molar-refractivity contribution >= 4 is 39.1 Å². The number of nitro benzene ring substituents is 2. The Balaban J connectivity index is 1.52. The third kappa shape index (κ3) is 4.37. The summed E-state index contributed by atoms with van der Waals surface area (Å²) in [7, 11) is 1.93. The first-order chi connectivity index (χ1) is 15.4. The van der Waals surface area contributed by atoms with E-state index in [0.717, 1.165) is 32.7 Å². The molecular weight excluding hydrogens is 434 g/mol. The minimum Gasteiger partial charge on any atom is -0.450 e. The van der Waals surface area contributed by atoms with Crippen molar-refractivity contribution in [3.8, 4) is 11.5 Å². The zero-order chi connectivity index (χ0) is 22.7. The summed E-state index contributed by atoms with van der Waals surface area (Å²) in [4.78, 5) is 21.4. The van der Waals surface area contributed by atoms with Crippen LogP contribution in [0.1, 0.15) is 5.56 Å². The molecular formula is C21H15N5O5S. The van der Waals surface area contributed by atoms with Crippen LogP contribution in [0.15, 0.2) is 76.9 Å². The molecule has 4 aromatic rings. The smallest absolute Gasteiger partial charge is 0.318 e. The lowest BCUT2D eigenvalue weighted by Gasteiger charge is -2.06. The SMILES string of the molecule is Cn1/c(=N\N=C/c2ccc(Oc3ccc([N+](=O)[O-])cc3[N+](=O)[O-])cc2)sc2ccccc21. The topological polar surface area (TPSA) is 125 Å². The fraction of sp³-hybridized carbons (Fsp3) is 0.0476. The highest BCUT2D eigenvalue weighted by Gasteiger charge is 2.21. The minimum atomic E-state index is -0.723. The van der Waals surface area contributed by atoms with Crippen LogP contribution in [0.25, 0.3) is 10.2 Å². The van der Waals surface area contributed by atoms with Crippen molar-refractivity contribution in [3.63, 3.8) is 0 Å². The Morgan fingerprint density at radius 1 is 1.00 bits per heavy atom. The summed E-state index contributed by atoms with van der Waals surface area (Å²) >= 11 is 1.53. The van der Waals surface area contributed by atoms with E-state index in [-0.39, 0.29) is 11.4 Å². The fourth-order valence-corrected chi connectivity index (χ4v) is 3.90. The van der Waals surface area contributed by atoms with E-state index in [2.05, 4.69) is 10.2 Å². The van der Waals surface area contributed by atoms with Gasteiger partial charge in [0.2, 0.25) is 10.6 Å². The van der Waals surface area contributed by atoms with Crippen LogP contribution < -0.4 is 9.54 Å². The largest absolute Gasteiger partial charge is 0.450 e. The van der Waals surface area contributed by atoms with Gasteiger partial charge in [0, 0.05) is 13.1 Å². The standard InChI is InChI=1S/C21H15N5O5S/c1-24-17-4-2-3-5-20(17)32-21(24)23-22-13-14-6-9-16(10-7-14)31-19-11-8-15(25(27)28)12-18(19)26(29)30/h2-13H,1H3/b22-13-,23-21+. The molecule has 0 bridgehead atoms. The van der Waals surface area contributed by atoms with Crippen molar-refractivity contribution < 1.29 is 14.6 Å². The zero-order valence-corrected chi connectivity index (χ0v) is 17.4. The summed E-state index contributed by atoms with van der Waals surface area (Å²) in [5, 5.41) is 30.5. The number of nitro groups is 2. The highest BCUT2D eigenvalue weighted by atomic mass is 32.1. The van der Waals surface area contributed by atoms with Gasteiger partial charge >= 0.3 is 5.69 Å². The average Bonchev–Trinajstić information content (AvgIpc) is 3.10. The maximum Gasteiger partial charge on any atom is 0.318 e. The molecule has 0 saturated heterocycles. The first-order valence-electron chi connectivity index (χ1n) is 9.25. The molecule has 11 heteroatoms. The van der Waals surface area contributed by atoms with E-state index in [4.69, 9.17) is 4.74 Å². The Kier molecular flexibility index (Phi) is 5.73. The summed E-state index contributed by atoms with van der Waals surface area (Å²) in [6, 6.07) is 17.9. The monoisotopic (exact) mass is 449 g/mol. The molecule has 0 fully saturated rings. The van der Waals surface area contributed by atoms with E-state index in [0.29, 0.717) is 5.75 Å². The molecule has 0 N–H and O–H groups in total. The van der Waals surface area contributed by atoms with Crippen molar-refractivity contribution in [2.45, 2.75) is 0 Å². The zero-order valence-electron chi connectivity index (χ0n) is 16.6. The van der Waals surface area contributed by atoms with Gasteiger partial charge in [-0.2, -0.15) is 5.10 Å². The molecule has 10 nitrogen and oxygen atoms in total. The fourth-order valence-electron chi connectivity index (χ4n) is 2.92. The molecule has 0 aliphatic heterocycles. The number of nitrogens with zero attached hydrogens (tertiary/aromatic N) is 5. The second-order valence-electron chi connectivity index (χ2n) is 6.59. The van der Waals surface area contributed by atoms with Gasteiger partial charge in [-0.25, -0.2) is 0 Å². The molecule has 0 atom stereocenters. The van der Waals surface area contributed by atoms with Crippen LogP contribution >= 0.6 is 11.3 Å². The summed E-state index contributed by atoms with van der Waals surface area (Å²) in [6.07, 6.45) is 1.59. The molecule has 32 heavy (non-hydrogen) atoms. The van der Waals surface area contributed by atoms with Gasteiger partial charge in [-0.15, -0.1) is 5.10 Å². The second kappa shape index (κ2) is 8.78. The van der Waals surface area contributed by atoms with Crippen LogP contribution in [-0.4, -0.2) is 20.6 Å². The number of rotatable bonds is 6. The Hall–Kier alpha value is -4.38. The number of hydrogen-bond acceptors (Lipinski definition) is 8. The molecule has 0 aliphatic rings. The van der Waals surface area contributed by atoms with Crippen LogP contribution in [0.5, 0.6) is 11.5 Å². The highest BCUT2D eigenvalue weighted by Crippen LogP contribution is 2.34. The summed E-state index contributed by atoms with van der Waals surface area (Å²) in [5.41, 5.74) is 0.961. The van der Waals surface area contributed by atoms with Crippen molar-refractivity contribution in [1.29, 1.82) is 0 Å². The number of hydrogen-bond donors (Lipinski definition) is 0. The van der Waals surface area contributed by atoms with Crippen LogP contribution in [0.4, 0.5) is 11.4 Å². The Labute approximate surface area is 184 Å². The molecule has 0 unspecified atom stereocenters. The molecule has 0 amide bonds. The van der Waals surface area contributed by atoms with Crippen LogP contribution in [0, 0.1) is 20.2 Å². The number of fused-ring (bicyclic) bond motifs is 1. The number of para-hydroxylation sites is 1. The molecule has 4 rings (SSSR count). The Morgan fingerprint density at radius 3 is 2.44 bits per heavy atom. The normalized spacial score (nSPS) is 11.8. The van der Waals surface area contributed by atoms with Gasteiger partial charge in [-0.1, -0.05) is 23.5 Å². The van der Waals surface area contributed by atoms with Gasteiger partial charge in [0.25, 0.3) is 5.69 Å². The number of benzene rings is 3. The second-order valence-corrected chi connectivity index (χ2v) is 7.60. The van der Waals surface area contributed by atoms with E-state index >= 15 is 0 Å². The van der Waals surface area contributed by atoms with Gasteiger partial charge in [0.05, 0.1) is 32.3 Å². The predicted molar refractivity (Wildman–Crippen MR) is 120 cm³/mol. The number of ether oxygens (including phenoxy) is 1. The lowest BCUT2D eigenvalue weighted by Crippen LogP contribution is -2.08. The van der Waals surface area contributed by atoms with Crippen LogP contribution in [0.2, 0.25) is 0 Å². The van der Waals surface area contributed by atoms with Crippen molar-refractivity contribution in [2.75, 3.05) is 0 Å². The number of aromatic nitrogens is 1. The molecule has 3 aromatic carbocycles. The lowest BCUT2D eigenvalue weighted by atomic mass is 10.2. The third-order valence-electron chi connectivity index (χ3n) is 4.52. The maximum atomic E-state index is 11.2. The quantitative estimate of drug-likeness (QED) is 0.238. The van der Waals surface area contributed by atoms with E-state index in [1.54, 1.807) is 30.5 Å². The highest BCUT2D eigenvalue weighted by molar-refractivity contribution is 7.16. The molecule has 0 saturated carbocycles. The number of aryl methyl sites for hydroxylation is 1. The van der Waals surface area contributed by atoms with Crippen LogP contribution in [-0.2, 0) is 7.05 Å². The van der Waals surface area contributed by atoms with Gasteiger partial charge in [0.15, 0.2) is 0 Å². The van der Waals surface area contributed by atoms with Crippen molar-refractivity contribution in [1.82, 2.24) is 4.57 Å². The van der Waals surface area contributed by atoms with Crippen molar-refractivity contribution in [2.24, 2.45) is 17.3 Å². The molecule has 0 radical (unpaired) electrons. The minimum absolute atomic E-state index is 0.0886. The molecule has 160 valence electrons. The lowest BCUT2D eigenvalue weighted by molar-refractivity contribution is -0.394. The summed E-state index contributed by atoms with van der Waals surface area (Å²) in [5.74, 6) is 0.251. The van der Waals surface area contributed by atoms with E-state index in [1.807, 2.05) is 35.9 Å². The summed E-state index contributed by atoms with van der Waals surface area (Å²) in [6.45, 7) is 0. The molecule has 1 aromatic heterocycles. The Bertz CT molecular complexity index is 1420. The Morgan fingerprint density at radius 2 is 1.75 bits per heavy atom. The van der Waals surface area contributed by atoms with E-state index in [9.17, 15) is 20.2 Å². The third-order valence-corrected chi connectivity index (χ3v) is 5.63. The predicted octanol–water partition coefficient (Wildman–Crippen LogP) is 4.78. The van der Waals surface area contributed by atoms with E-state index in [1.165, 1.54) is 17.4 Å². The maximum absolute atomic E-state index is 11.2. The van der Waals surface area contributed by atoms with Gasteiger partial charge in [-0.05, 0) is 48.0 Å². The van der Waals surface area contributed by atoms with Crippen LogP contribution in [0.3, 0.4) is 0 Å². The van der Waals surface area contributed by atoms with Gasteiger partial charge in [-0.3, -0.25) is 20.2 Å². The average molecular weight is 449 g/mol. The van der Waals surface area contributed by atoms with Crippen molar-refractivity contribution in [3.05, 3.63) is 97.3 Å². The number of non-ortho nitro benzene ring substituents is 1. The molecule has 0 spiro atoms. The van der Waals surface area contributed by atoms with E-state index < -0.39 is 15.5 Å². The molecule has 0 aliphatic carbocycles. The summed E-state index contributed by atoms with van der Waals surface area (Å²) < 4.78 is 8.63. The first kappa shape index (κ1) is 20.9.